The minimum Gasteiger partial charge on any atom is -0.479 e. The Bertz CT molecular complexity index is 652. The van der Waals surface area contributed by atoms with Gasteiger partial charge in [-0.1, -0.05) is 23.9 Å². The van der Waals surface area contributed by atoms with E-state index >= 15 is 0 Å². The first-order valence-corrected chi connectivity index (χ1v) is 7.89. The fourth-order valence-electron chi connectivity index (χ4n) is 2.57. The molecule has 23 heavy (non-hydrogen) atoms. The number of carbonyl (C=O) groups is 3. The number of benzene rings is 1. The van der Waals surface area contributed by atoms with Crippen LogP contribution in [0.3, 0.4) is 0 Å². The number of rotatable bonds is 5. The molecule has 5 nitrogen and oxygen atoms in total. The third kappa shape index (κ3) is 3.87. The number of hydrogen-bond donors (Lipinski definition) is 1. The van der Waals surface area contributed by atoms with Crippen LogP contribution in [-0.4, -0.2) is 39.3 Å². The molecule has 1 aromatic carbocycles. The number of amides is 1. The summed E-state index contributed by atoms with van der Waals surface area (Å²) in [7, 11) is 0. The van der Waals surface area contributed by atoms with Crippen LogP contribution < -0.4 is 0 Å². The average Bonchev–Trinajstić information content (AvgIpc) is 2.82. The summed E-state index contributed by atoms with van der Waals surface area (Å²) in [4.78, 5) is 35.6. The van der Waals surface area contributed by atoms with Gasteiger partial charge in [-0.25, -0.2) is 13.6 Å². The number of carbonyl (C=O) groups excluding carboxylic acids is 2. The van der Waals surface area contributed by atoms with Crippen molar-refractivity contribution >= 4 is 28.8 Å². The van der Waals surface area contributed by atoms with E-state index in [1.165, 1.54) is 13.0 Å². The molecule has 1 N–H and O–H groups in total. The van der Waals surface area contributed by atoms with Gasteiger partial charge in [0.05, 0.1) is 0 Å². The van der Waals surface area contributed by atoms with Crippen molar-refractivity contribution in [2.75, 3.05) is 12.3 Å². The lowest BCUT2D eigenvalue weighted by Gasteiger charge is -2.25. The number of carboxylic acid groups (broad SMARTS) is 1. The number of aliphatic carboxylic acids is 1. The van der Waals surface area contributed by atoms with Crippen molar-refractivity contribution in [3.63, 3.8) is 0 Å². The van der Waals surface area contributed by atoms with E-state index in [4.69, 9.17) is 0 Å². The molecule has 0 saturated carbocycles. The number of thioether (sulfide) groups is 1. The largest absolute Gasteiger partial charge is 0.479 e. The normalized spacial score (nSPS) is 19.0. The quantitative estimate of drug-likeness (QED) is 0.887. The third-order valence-corrected chi connectivity index (χ3v) is 4.63. The zero-order valence-electron chi connectivity index (χ0n) is 12.3. The molecular formula is C15H15F2NO4S. The van der Waals surface area contributed by atoms with Gasteiger partial charge in [-0.15, -0.1) is 0 Å². The van der Waals surface area contributed by atoms with E-state index < -0.39 is 29.6 Å². The van der Waals surface area contributed by atoms with E-state index in [0.717, 1.165) is 28.8 Å². The first-order chi connectivity index (χ1) is 10.8. The van der Waals surface area contributed by atoms with Gasteiger partial charge in [-0.3, -0.25) is 9.59 Å². The van der Waals surface area contributed by atoms with Crippen molar-refractivity contribution in [1.82, 2.24) is 4.90 Å². The van der Waals surface area contributed by atoms with Crippen molar-refractivity contribution in [1.29, 1.82) is 0 Å². The Morgan fingerprint density at radius 3 is 2.74 bits per heavy atom. The molecule has 8 heteroatoms. The minimum absolute atomic E-state index is 0.0843. The summed E-state index contributed by atoms with van der Waals surface area (Å²) < 4.78 is 27.3. The lowest BCUT2D eigenvalue weighted by molar-refractivity contribution is -0.148. The van der Waals surface area contributed by atoms with Crippen LogP contribution in [0.25, 0.3) is 0 Å². The molecule has 1 saturated heterocycles. The second-order valence-electron chi connectivity index (χ2n) is 5.30. The van der Waals surface area contributed by atoms with Gasteiger partial charge in [0.25, 0.3) is 0 Å². The molecule has 1 aromatic rings. The fourth-order valence-corrected chi connectivity index (χ4v) is 3.26. The van der Waals surface area contributed by atoms with E-state index in [0.29, 0.717) is 5.75 Å². The summed E-state index contributed by atoms with van der Waals surface area (Å²) in [5, 5.41) is 9.29. The van der Waals surface area contributed by atoms with Gasteiger partial charge in [0, 0.05) is 31.2 Å². The van der Waals surface area contributed by atoms with E-state index in [-0.39, 0.29) is 29.6 Å². The molecule has 1 heterocycles. The highest BCUT2D eigenvalue weighted by molar-refractivity contribution is 8.13. The molecule has 2 atom stereocenters. The van der Waals surface area contributed by atoms with Gasteiger partial charge < -0.3 is 10.0 Å². The van der Waals surface area contributed by atoms with Gasteiger partial charge in [0.2, 0.25) is 5.91 Å². The van der Waals surface area contributed by atoms with Crippen LogP contribution in [0.1, 0.15) is 24.9 Å². The first-order valence-electron chi connectivity index (χ1n) is 6.90. The van der Waals surface area contributed by atoms with Crippen LogP contribution in [0.2, 0.25) is 0 Å². The first kappa shape index (κ1) is 17.4. The van der Waals surface area contributed by atoms with E-state index in [1.807, 2.05) is 0 Å². The summed E-state index contributed by atoms with van der Waals surface area (Å²) in [5.41, 5.74) is -0.384. The lowest BCUT2D eigenvalue weighted by atomic mass is 10.0. The topological polar surface area (TPSA) is 74.7 Å². The standard InChI is InChI=1S/C15H15F2NO4S/c1-8(19)23-7-9-5-12(20)18(6-9)14(15(21)22)10-3-2-4-11(16)13(10)17/h2-4,9,14H,5-7H2,1H3,(H,21,22). The number of hydrogen-bond acceptors (Lipinski definition) is 4. The summed E-state index contributed by atoms with van der Waals surface area (Å²) in [6.07, 6.45) is 0.0843. The Labute approximate surface area is 135 Å². The number of likely N-dealkylation sites (tertiary alicyclic amines) is 1. The SMILES string of the molecule is CC(=O)SCC1CC(=O)N(C(C(=O)O)c2cccc(F)c2F)C1. The summed E-state index contributed by atoms with van der Waals surface area (Å²) in [6, 6.07) is 1.66. The highest BCUT2D eigenvalue weighted by atomic mass is 32.2. The average molecular weight is 343 g/mol. The maximum Gasteiger partial charge on any atom is 0.331 e. The number of halogens is 2. The zero-order valence-corrected chi connectivity index (χ0v) is 13.1. The Morgan fingerprint density at radius 2 is 2.13 bits per heavy atom. The summed E-state index contributed by atoms with van der Waals surface area (Å²) in [6.45, 7) is 1.49. The summed E-state index contributed by atoms with van der Waals surface area (Å²) >= 11 is 1.05. The molecule has 1 aliphatic heterocycles. The van der Waals surface area contributed by atoms with Crippen LogP contribution in [0, 0.1) is 17.6 Å². The third-order valence-electron chi connectivity index (χ3n) is 3.58. The minimum atomic E-state index is -1.58. The summed E-state index contributed by atoms with van der Waals surface area (Å²) in [5.74, 6) is -4.12. The van der Waals surface area contributed by atoms with Crippen molar-refractivity contribution < 1.29 is 28.3 Å². The second kappa shape index (κ2) is 7.08. The number of nitrogens with zero attached hydrogens (tertiary/aromatic N) is 1. The molecule has 0 bridgehead atoms. The molecule has 1 aliphatic rings. The van der Waals surface area contributed by atoms with Crippen LogP contribution in [0.4, 0.5) is 8.78 Å². The van der Waals surface area contributed by atoms with Crippen LogP contribution in [0.15, 0.2) is 18.2 Å². The Hall–Kier alpha value is -1.96. The number of carboxylic acids is 1. The molecule has 0 aliphatic carbocycles. The van der Waals surface area contributed by atoms with Gasteiger partial charge in [0.15, 0.2) is 22.8 Å². The highest BCUT2D eigenvalue weighted by Gasteiger charge is 2.40. The molecule has 2 rings (SSSR count). The van der Waals surface area contributed by atoms with Gasteiger partial charge in [0.1, 0.15) is 0 Å². The maximum atomic E-state index is 13.9. The highest BCUT2D eigenvalue weighted by Crippen LogP contribution is 2.32. The van der Waals surface area contributed by atoms with Gasteiger partial charge in [-0.05, 0) is 12.0 Å². The molecule has 0 spiro atoms. The maximum absolute atomic E-state index is 13.9. The van der Waals surface area contributed by atoms with Gasteiger partial charge in [-0.2, -0.15) is 0 Å². The predicted molar refractivity (Wildman–Crippen MR) is 79.7 cm³/mol. The molecule has 2 unspecified atom stereocenters. The van der Waals surface area contributed by atoms with Crippen LogP contribution in [-0.2, 0) is 14.4 Å². The molecule has 0 radical (unpaired) electrons. The molecule has 124 valence electrons. The predicted octanol–water partition coefficient (Wildman–Crippen LogP) is 2.22. The Balaban J connectivity index is 2.25. The van der Waals surface area contributed by atoms with Crippen molar-refractivity contribution in [3.8, 4) is 0 Å². The molecule has 0 aromatic heterocycles. The zero-order chi connectivity index (χ0) is 17.1. The second-order valence-corrected chi connectivity index (χ2v) is 6.50. The van der Waals surface area contributed by atoms with Crippen LogP contribution in [0.5, 0.6) is 0 Å². The van der Waals surface area contributed by atoms with Gasteiger partial charge >= 0.3 is 5.97 Å². The van der Waals surface area contributed by atoms with E-state index in [1.54, 1.807) is 0 Å². The van der Waals surface area contributed by atoms with Crippen molar-refractivity contribution in [2.45, 2.75) is 19.4 Å². The lowest BCUT2D eigenvalue weighted by Crippen LogP contribution is -2.36. The Morgan fingerprint density at radius 1 is 1.43 bits per heavy atom. The molecule has 1 fully saturated rings. The van der Waals surface area contributed by atoms with E-state index in [2.05, 4.69) is 0 Å². The fraction of sp³-hybridized carbons (Fsp3) is 0.400. The van der Waals surface area contributed by atoms with Crippen LogP contribution >= 0.6 is 11.8 Å². The molecular weight excluding hydrogens is 328 g/mol. The van der Waals surface area contributed by atoms with Crippen molar-refractivity contribution in [3.05, 3.63) is 35.4 Å². The smallest absolute Gasteiger partial charge is 0.331 e. The van der Waals surface area contributed by atoms with E-state index in [9.17, 15) is 28.3 Å². The molecule has 1 amide bonds. The monoisotopic (exact) mass is 343 g/mol. The Kier molecular flexibility index (Phi) is 5.35. The van der Waals surface area contributed by atoms with Crippen molar-refractivity contribution in [2.24, 2.45) is 5.92 Å².